The molecular weight excluding hydrogens is 356 g/mol. The van der Waals surface area contributed by atoms with Gasteiger partial charge in [-0.05, 0) is 26.8 Å². The van der Waals surface area contributed by atoms with Crippen LogP contribution >= 0.6 is 11.8 Å². The van der Waals surface area contributed by atoms with Crippen LogP contribution in [0.1, 0.15) is 18.3 Å². The van der Waals surface area contributed by atoms with Crippen molar-refractivity contribution in [1.29, 1.82) is 0 Å². The molecule has 1 amide bonds. The second-order valence-electron chi connectivity index (χ2n) is 5.73. The number of benzene rings is 1. The number of methoxy groups -OCH3 is 1. The van der Waals surface area contributed by atoms with Gasteiger partial charge in [0, 0.05) is 25.4 Å². The number of imidazole rings is 1. The fourth-order valence-corrected chi connectivity index (χ4v) is 3.37. The summed E-state index contributed by atoms with van der Waals surface area (Å²) in [5.41, 5.74) is 1.97. The molecule has 0 saturated heterocycles. The second-order valence-corrected chi connectivity index (χ2v) is 7.04. The SMILES string of the molecule is COCCn1c(SC(C)C(=O)Nc2ccccc2[N+](=O)[O-])nc(C)c1C. The average molecular weight is 378 g/mol. The summed E-state index contributed by atoms with van der Waals surface area (Å²) in [5.74, 6) is -0.319. The van der Waals surface area contributed by atoms with Crippen molar-refractivity contribution in [3.8, 4) is 0 Å². The molecule has 0 spiro atoms. The summed E-state index contributed by atoms with van der Waals surface area (Å²) in [6.07, 6.45) is 0. The number of carbonyl (C=O) groups is 1. The van der Waals surface area contributed by atoms with E-state index >= 15 is 0 Å². The van der Waals surface area contributed by atoms with E-state index < -0.39 is 10.2 Å². The maximum absolute atomic E-state index is 12.5. The van der Waals surface area contributed by atoms with Crippen molar-refractivity contribution in [3.63, 3.8) is 0 Å². The first-order valence-electron chi connectivity index (χ1n) is 8.08. The van der Waals surface area contributed by atoms with E-state index in [-0.39, 0.29) is 17.3 Å². The van der Waals surface area contributed by atoms with Crippen molar-refractivity contribution in [2.24, 2.45) is 0 Å². The number of anilines is 1. The van der Waals surface area contributed by atoms with Gasteiger partial charge in [-0.1, -0.05) is 23.9 Å². The van der Waals surface area contributed by atoms with E-state index in [9.17, 15) is 14.9 Å². The maximum Gasteiger partial charge on any atom is 0.292 e. The third-order valence-corrected chi connectivity index (χ3v) is 5.04. The molecule has 2 aromatic rings. The van der Waals surface area contributed by atoms with E-state index in [2.05, 4.69) is 10.3 Å². The number of nitro benzene ring substituents is 1. The number of rotatable bonds is 8. The van der Waals surface area contributed by atoms with E-state index in [4.69, 9.17) is 4.74 Å². The van der Waals surface area contributed by atoms with Gasteiger partial charge in [-0.2, -0.15) is 0 Å². The van der Waals surface area contributed by atoms with Crippen LogP contribution in [0.4, 0.5) is 11.4 Å². The van der Waals surface area contributed by atoms with Crippen LogP contribution in [0.2, 0.25) is 0 Å². The van der Waals surface area contributed by atoms with Crippen molar-refractivity contribution < 1.29 is 14.5 Å². The van der Waals surface area contributed by atoms with Crippen molar-refractivity contribution in [2.45, 2.75) is 37.7 Å². The quantitative estimate of drug-likeness (QED) is 0.430. The van der Waals surface area contributed by atoms with Gasteiger partial charge in [0.2, 0.25) is 5.91 Å². The topological polar surface area (TPSA) is 99.3 Å². The molecule has 8 nitrogen and oxygen atoms in total. The van der Waals surface area contributed by atoms with Gasteiger partial charge in [-0.3, -0.25) is 14.9 Å². The highest BCUT2D eigenvalue weighted by molar-refractivity contribution is 8.00. The Morgan fingerprint density at radius 3 is 2.77 bits per heavy atom. The first kappa shape index (κ1) is 19.9. The van der Waals surface area contributed by atoms with Crippen LogP contribution in [0, 0.1) is 24.0 Å². The van der Waals surface area contributed by atoms with E-state index in [1.54, 1.807) is 26.2 Å². The van der Waals surface area contributed by atoms with Crippen LogP contribution in [-0.4, -0.2) is 39.3 Å². The largest absolute Gasteiger partial charge is 0.383 e. The van der Waals surface area contributed by atoms with Crippen molar-refractivity contribution in [1.82, 2.24) is 9.55 Å². The summed E-state index contributed by atoms with van der Waals surface area (Å²) in [4.78, 5) is 27.6. The minimum atomic E-state index is -0.516. The number of carbonyl (C=O) groups excluding carboxylic acids is 1. The lowest BCUT2D eigenvalue weighted by Gasteiger charge is -2.14. The molecular formula is C17H22N4O4S. The third-order valence-electron chi connectivity index (χ3n) is 3.95. The lowest BCUT2D eigenvalue weighted by molar-refractivity contribution is -0.383. The number of nitrogens with zero attached hydrogens (tertiary/aromatic N) is 3. The first-order valence-corrected chi connectivity index (χ1v) is 8.96. The molecule has 1 atom stereocenters. The molecule has 26 heavy (non-hydrogen) atoms. The van der Waals surface area contributed by atoms with Crippen LogP contribution in [0.3, 0.4) is 0 Å². The Kier molecular flexibility index (Phi) is 6.76. The molecule has 2 rings (SSSR count). The smallest absolute Gasteiger partial charge is 0.292 e. The molecule has 9 heteroatoms. The summed E-state index contributed by atoms with van der Waals surface area (Å²) in [7, 11) is 1.63. The molecule has 0 aliphatic carbocycles. The highest BCUT2D eigenvalue weighted by Crippen LogP contribution is 2.28. The molecule has 1 N–H and O–H groups in total. The van der Waals surface area contributed by atoms with Crippen molar-refractivity contribution in [3.05, 3.63) is 45.8 Å². The second kappa shape index (κ2) is 8.81. The van der Waals surface area contributed by atoms with E-state index in [0.717, 1.165) is 16.5 Å². The predicted molar refractivity (Wildman–Crippen MR) is 101 cm³/mol. The lowest BCUT2D eigenvalue weighted by atomic mass is 10.2. The minimum Gasteiger partial charge on any atom is -0.383 e. The van der Waals surface area contributed by atoms with Gasteiger partial charge in [0.05, 0.1) is 22.5 Å². The number of ether oxygens (including phenoxy) is 1. The van der Waals surface area contributed by atoms with Gasteiger partial charge in [-0.25, -0.2) is 4.98 Å². The molecule has 0 fully saturated rings. The van der Waals surface area contributed by atoms with Gasteiger partial charge in [-0.15, -0.1) is 0 Å². The van der Waals surface area contributed by atoms with Crippen molar-refractivity contribution >= 4 is 29.0 Å². The highest BCUT2D eigenvalue weighted by atomic mass is 32.2. The molecule has 0 aliphatic rings. The standard InChI is InChI=1S/C17H22N4O4S/c1-11-12(2)20(9-10-25-4)17(18-11)26-13(3)16(22)19-14-7-5-6-8-15(14)21(23)24/h5-8,13H,9-10H2,1-4H3,(H,19,22). The highest BCUT2D eigenvalue weighted by Gasteiger charge is 2.22. The average Bonchev–Trinajstić information content (AvgIpc) is 2.86. The Hall–Kier alpha value is -2.39. The lowest BCUT2D eigenvalue weighted by Crippen LogP contribution is -2.23. The number of hydrogen-bond acceptors (Lipinski definition) is 6. The molecule has 1 unspecified atom stereocenters. The van der Waals surface area contributed by atoms with Gasteiger partial charge >= 0.3 is 0 Å². The number of thioether (sulfide) groups is 1. The Morgan fingerprint density at radius 1 is 1.42 bits per heavy atom. The summed E-state index contributed by atoms with van der Waals surface area (Å²) in [6, 6.07) is 6.08. The van der Waals surface area contributed by atoms with E-state index in [1.807, 2.05) is 18.4 Å². The van der Waals surface area contributed by atoms with Gasteiger partial charge < -0.3 is 14.6 Å². The summed E-state index contributed by atoms with van der Waals surface area (Å²) in [6.45, 7) is 6.82. The molecule has 1 aromatic heterocycles. The zero-order valence-corrected chi connectivity index (χ0v) is 16.0. The van der Waals surface area contributed by atoms with Gasteiger partial charge in [0.1, 0.15) is 5.69 Å². The number of aromatic nitrogens is 2. The van der Waals surface area contributed by atoms with E-state index in [1.165, 1.54) is 23.9 Å². The third kappa shape index (κ3) is 4.61. The minimum absolute atomic E-state index is 0.133. The van der Waals surface area contributed by atoms with Gasteiger partial charge in [0.15, 0.2) is 5.16 Å². The maximum atomic E-state index is 12.5. The van der Waals surface area contributed by atoms with Gasteiger partial charge in [0.25, 0.3) is 5.69 Å². The predicted octanol–water partition coefficient (Wildman–Crippen LogP) is 3.17. The monoisotopic (exact) mass is 378 g/mol. The number of hydrogen-bond donors (Lipinski definition) is 1. The molecule has 0 saturated carbocycles. The normalized spacial score (nSPS) is 12.0. The van der Waals surface area contributed by atoms with Crippen LogP contribution in [0.15, 0.2) is 29.4 Å². The summed E-state index contributed by atoms with van der Waals surface area (Å²) < 4.78 is 7.14. The number of nitrogens with one attached hydrogen (secondary N) is 1. The van der Waals surface area contributed by atoms with Crippen LogP contribution in [0.5, 0.6) is 0 Å². The Morgan fingerprint density at radius 2 is 2.12 bits per heavy atom. The molecule has 0 radical (unpaired) electrons. The van der Waals surface area contributed by atoms with E-state index in [0.29, 0.717) is 13.2 Å². The fraction of sp³-hybridized carbons (Fsp3) is 0.412. The molecule has 0 bridgehead atoms. The van der Waals surface area contributed by atoms with Crippen LogP contribution < -0.4 is 5.32 Å². The molecule has 1 heterocycles. The summed E-state index contributed by atoms with van der Waals surface area (Å²) in [5, 5.41) is 14.0. The Labute approximate surface area is 156 Å². The Balaban J connectivity index is 2.13. The summed E-state index contributed by atoms with van der Waals surface area (Å²) >= 11 is 1.31. The van der Waals surface area contributed by atoms with Crippen molar-refractivity contribution in [2.75, 3.05) is 19.0 Å². The first-order chi connectivity index (χ1) is 12.3. The zero-order valence-electron chi connectivity index (χ0n) is 15.2. The fourth-order valence-electron chi connectivity index (χ4n) is 2.34. The van der Waals surface area contributed by atoms with Crippen LogP contribution in [0.25, 0.3) is 0 Å². The molecule has 140 valence electrons. The number of amides is 1. The molecule has 1 aromatic carbocycles. The zero-order chi connectivity index (χ0) is 19.3. The molecule has 0 aliphatic heterocycles. The van der Waals surface area contributed by atoms with Crippen LogP contribution in [-0.2, 0) is 16.1 Å². The number of nitro groups is 1. The number of para-hydroxylation sites is 2. The number of aryl methyl sites for hydroxylation is 1. The Bertz CT molecular complexity index is 806.